The summed E-state index contributed by atoms with van der Waals surface area (Å²) in [5.74, 6) is 0. The van der Waals surface area contributed by atoms with Gasteiger partial charge in [-0.1, -0.05) is 6.08 Å². The van der Waals surface area contributed by atoms with Crippen LogP contribution in [0.5, 0.6) is 0 Å². The molecule has 1 aliphatic heterocycles. The fourth-order valence-electron chi connectivity index (χ4n) is 1.72. The maximum absolute atomic E-state index is 5.63. The first-order chi connectivity index (χ1) is 6.11. The van der Waals surface area contributed by atoms with Crippen LogP contribution in [0.2, 0.25) is 0 Å². The minimum absolute atomic E-state index is 0.148. The molecule has 3 heteroatoms. The quantitative estimate of drug-likeness (QED) is 0.662. The van der Waals surface area contributed by atoms with Gasteiger partial charge in [0.05, 0.1) is 24.4 Å². The van der Waals surface area contributed by atoms with Gasteiger partial charge in [0.15, 0.2) is 0 Å². The smallest absolute Gasteiger partial charge is 0.0985 e. The van der Waals surface area contributed by atoms with Crippen molar-refractivity contribution >= 4 is 0 Å². The molecule has 1 heterocycles. The molecule has 1 N–H and O–H groups in total. The Morgan fingerprint density at radius 2 is 2.38 bits per heavy atom. The van der Waals surface area contributed by atoms with Gasteiger partial charge in [-0.3, -0.25) is 0 Å². The lowest BCUT2D eigenvalue weighted by atomic mass is 9.97. The van der Waals surface area contributed by atoms with Crippen LogP contribution in [0, 0.1) is 0 Å². The molecule has 0 aromatic carbocycles. The van der Waals surface area contributed by atoms with Crippen molar-refractivity contribution in [2.75, 3.05) is 20.3 Å². The summed E-state index contributed by atoms with van der Waals surface area (Å²) < 4.78 is 11.0. The topological polar surface area (TPSA) is 30.5 Å². The Morgan fingerprint density at radius 1 is 1.69 bits per heavy atom. The molecule has 0 radical (unpaired) electrons. The van der Waals surface area contributed by atoms with Gasteiger partial charge in [0, 0.05) is 13.7 Å². The SMILES string of the molecule is C=CCN[C@H]1[C@H](OC)COC1(C)C. The Hall–Kier alpha value is -0.380. The molecule has 76 valence electrons. The fraction of sp³-hybridized carbons (Fsp3) is 0.800. The van der Waals surface area contributed by atoms with Gasteiger partial charge in [0.1, 0.15) is 0 Å². The first-order valence-electron chi connectivity index (χ1n) is 4.63. The van der Waals surface area contributed by atoms with Gasteiger partial charge in [0.2, 0.25) is 0 Å². The average molecular weight is 185 g/mol. The van der Waals surface area contributed by atoms with Crippen LogP contribution in [0.1, 0.15) is 13.8 Å². The van der Waals surface area contributed by atoms with E-state index in [9.17, 15) is 0 Å². The van der Waals surface area contributed by atoms with Crippen LogP contribution in [-0.2, 0) is 9.47 Å². The van der Waals surface area contributed by atoms with Gasteiger partial charge in [0.25, 0.3) is 0 Å². The van der Waals surface area contributed by atoms with E-state index in [0.717, 1.165) is 6.54 Å². The molecule has 0 aromatic heterocycles. The summed E-state index contributed by atoms with van der Waals surface area (Å²) in [7, 11) is 1.72. The molecule has 1 rings (SSSR count). The van der Waals surface area contributed by atoms with Gasteiger partial charge < -0.3 is 14.8 Å². The highest BCUT2D eigenvalue weighted by atomic mass is 16.6. The normalized spacial score (nSPS) is 31.9. The highest BCUT2D eigenvalue weighted by molar-refractivity contribution is 4.98. The molecule has 0 aromatic rings. The molecule has 0 unspecified atom stereocenters. The molecule has 0 saturated carbocycles. The summed E-state index contributed by atoms with van der Waals surface area (Å²) in [6.45, 7) is 9.28. The zero-order valence-corrected chi connectivity index (χ0v) is 8.67. The number of nitrogens with one attached hydrogen (secondary N) is 1. The van der Waals surface area contributed by atoms with Gasteiger partial charge in [-0.15, -0.1) is 6.58 Å². The Bertz CT molecular complexity index is 180. The highest BCUT2D eigenvalue weighted by Gasteiger charge is 2.42. The third kappa shape index (κ3) is 2.30. The van der Waals surface area contributed by atoms with E-state index >= 15 is 0 Å². The van der Waals surface area contributed by atoms with Crippen molar-refractivity contribution in [3.8, 4) is 0 Å². The number of hydrogen-bond acceptors (Lipinski definition) is 3. The van der Waals surface area contributed by atoms with Crippen molar-refractivity contribution < 1.29 is 9.47 Å². The number of rotatable bonds is 4. The Kier molecular flexibility index (Phi) is 3.47. The molecular weight excluding hydrogens is 166 g/mol. The molecule has 1 aliphatic rings. The van der Waals surface area contributed by atoms with Crippen molar-refractivity contribution in [3.05, 3.63) is 12.7 Å². The van der Waals surface area contributed by atoms with E-state index in [1.165, 1.54) is 0 Å². The summed E-state index contributed by atoms with van der Waals surface area (Å²) >= 11 is 0. The second-order valence-electron chi connectivity index (χ2n) is 3.86. The van der Waals surface area contributed by atoms with E-state index in [-0.39, 0.29) is 17.7 Å². The van der Waals surface area contributed by atoms with E-state index < -0.39 is 0 Å². The molecule has 0 bridgehead atoms. The first-order valence-corrected chi connectivity index (χ1v) is 4.63. The molecular formula is C10H19NO2. The van der Waals surface area contributed by atoms with Crippen molar-refractivity contribution in [2.45, 2.75) is 31.6 Å². The van der Waals surface area contributed by atoms with Crippen LogP contribution in [0.15, 0.2) is 12.7 Å². The van der Waals surface area contributed by atoms with Gasteiger partial charge in [-0.2, -0.15) is 0 Å². The van der Waals surface area contributed by atoms with Gasteiger partial charge in [-0.05, 0) is 13.8 Å². The summed E-state index contributed by atoms with van der Waals surface area (Å²) in [5.41, 5.74) is -0.149. The number of ether oxygens (including phenoxy) is 2. The molecule has 1 fully saturated rings. The summed E-state index contributed by atoms with van der Waals surface area (Å²) in [6, 6.07) is 0.246. The standard InChI is InChI=1S/C10H19NO2/c1-5-6-11-9-8(12-4)7-13-10(9,2)3/h5,8-9,11H,1,6-7H2,2-4H3/t8-,9+/m1/s1. The predicted octanol–water partition coefficient (Wildman–Crippen LogP) is 0.954. The van der Waals surface area contributed by atoms with Crippen LogP contribution in [0.4, 0.5) is 0 Å². The predicted molar refractivity (Wildman–Crippen MR) is 52.8 cm³/mol. The summed E-state index contributed by atoms with van der Waals surface area (Å²) in [6.07, 6.45) is 2.00. The first kappa shape index (κ1) is 10.7. The Balaban J connectivity index is 2.57. The van der Waals surface area contributed by atoms with Crippen LogP contribution in [0.25, 0.3) is 0 Å². The molecule has 13 heavy (non-hydrogen) atoms. The van der Waals surface area contributed by atoms with Crippen LogP contribution in [-0.4, -0.2) is 38.0 Å². The van der Waals surface area contributed by atoms with Crippen molar-refractivity contribution in [1.82, 2.24) is 5.32 Å². The molecule has 0 aliphatic carbocycles. The van der Waals surface area contributed by atoms with Gasteiger partial charge >= 0.3 is 0 Å². The van der Waals surface area contributed by atoms with Crippen LogP contribution in [0.3, 0.4) is 0 Å². The zero-order chi connectivity index (χ0) is 9.90. The summed E-state index contributed by atoms with van der Waals surface area (Å²) in [4.78, 5) is 0. The van der Waals surface area contributed by atoms with E-state index in [4.69, 9.17) is 9.47 Å². The number of hydrogen-bond donors (Lipinski definition) is 1. The minimum atomic E-state index is -0.149. The largest absolute Gasteiger partial charge is 0.377 e. The zero-order valence-electron chi connectivity index (χ0n) is 8.67. The minimum Gasteiger partial charge on any atom is -0.377 e. The lowest BCUT2D eigenvalue weighted by molar-refractivity contribution is 0.0199. The lowest BCUT2D eigenvalue weighted by Crippen LogP contribution is -2.49. The van der Waals surface area contributed by atoms with Crippen LogP contribution >= 0.6 is 0 Å². The third-order valence-electron chi connectivity index (χ3n) is 2.53. The third-order valence-corrected chi connectivity index (χ3v) is 2.53. The van der Waals surface area contributed by atoms with Crippen molar-refractivity contribution in [3.63, 3.8) is 0 Å². The molecule has 0 spiro atoms. The van der Waals surface area contributed by atoms with Crippen LogP contribution < -0.4 is 5.32 Å². The van der Waals surface area contributed by atoms with Crippen molar-refractivity contribution in [2.24, 2.45) is 0 Å². The molecule has 2 atom stereocenters. The fourth-order valence-corrected chi connectivity index (χ4v) is 1.72. The Morgan fingerprint density at radius 3 is 2.92 bits per heavy atom. The van der Waals surface area contributed by atoms with Crippen molar-refractivity contribution in [1.29, 1.82) is 0 Å². The monoisotopic (exact) mass is 185 g/mol. The Labute approximate surface area is 80.1 Å². The number of methoxy groups -OCH3 is 1. The maximum atomic E-state index is 5.63. The van der Waals surface area contributed by atoms with E-state index in [2.05, 4.69) is 25.7 Å². The highest BCUT2D eigenvalue weighted by Crippen LogP contribution is 2.26. The molecule has 3 nitrogen and oxygen atoms in total. The average Bonchev–Trinajstić information content (AvgIpc) is 2.37. The van der Waals surface area contributed by atoms with Gasteiger partial charge in [-0.25, -0.2) is 0 Å². The maximum Gasteiger partial charge on any atom is 0.0985 e. The second kappa shape index (κ2) is 4.22. The molecule has 1 saturated heterocycles. The summed E-state index contributed by atoms with van der Waals surface area (Å²) in [5, 5.41) is 3.35. The second-order valence-corrected chi connectivity index (χ2v) is 3.86. The molecule has 0 amide bonds. The van der Waals surface area contributed by atoms with E-state index in [0.29, 0.717) is 6.61 Å². The van der Waals surface area contributed by atoms with E-state index in [1.54, 1.807) is 7.11 Å². The van der Waals surface area contributed by atoms with E-state index in [1.807, 2.05) is 6.08 Å². The lowest BCUT2D eigenvalue weighted by Gasteiger charge is -2.28.